The molecule has 0 aliphatic heterocycles. The first-order chi connectivity index (χ1) is 6.63. The number of carboxylic acid groups (broad SMARTS) is 1. The molecule has 0 radical (unpaired) electrons. The van der Waals surface area contributed by atoms with E-state index < -0.39 is 6.09 Å². The Morgan fingerprint density at radius 2 is 2.50 bits per heavy atom. The lowest BCUT2D eigenvalue weighted by atomic mass is 10.2. The number of nitrogens with one attached hydrogen (secondary N) is 1. The smallest absolute Gasteiger partial charge is 0.404 e. The fourth-order valence-electron chi connectivity index (χ4n) is 0.998. The number of ether oxygens (including phenoxy) is 1. The zero-order chi connectivity index (χ0) is 10.6. The van der Waals surface area contributed by atoms with Crippen LogP contribution in [0.4, 0.5) is 10.5 Å². The summed E-state index contributed by atoms with van der Waals surface area (Å²) in [6.45, 7) is 0.122. The minimum absolute atomic E-state index is 0.122. The van der Waals surface area contributed by atoms with Gasteiger partial charge >= 0.3 is 6.09 Å². The number of rotatable bonds is 3. The van der Waals surface area contributed by atoms with Crippen molar-refractivity contribution in [2.45, 2.75) is 6.54 Å². The summed E-state index contributed by atoms with van der Waals surface area (Å²) >= 11 is 0. The SMILES string of the molecule is COc1ncc(N)cc1CNC(=O)O. The molecule has 1 heterocycles. The maximum absolute atomic E-state index is 10.3. The van der Waals surface area contributed by atoms with E-state index in [0.717, 1.165) is 0 Å². The standard InChI is InChI=1S/C8H11N3O3/c1-14-7-5(3-11-8(12)13)2-6(9)4-10-7/h2,4,11H,3,9H2,1H3,(H,12,13). The van der Waals surface area contributed by atoms with Crippen LogP contribution in [-0.2, 0) is 6.54 Å². The molecule has 0 bridgehead atoms. The molecule has 0 spiro atoms. The summed E-state index contributed by atoms with van der Waals surface area (Å²) in [7, 11) is 1.46. The van der Waals surface area contributed by atoms with E-state index in [1.165, 1.54) is 13.3 Å². The van der Waals surface area contributed by atoms with Crippen LogP contribution in [0.3, 0.4) is 0 Å². The van der Waals surface area contributed by atoms with Crippen molar-refractivity contribution >= 4 is 11.8 Å². The van der Waals surface area contributed by atoms with Crippen molar-refractivity contribution < 1.29 is 14.6 Å². The second-order valence-electron chi connectivity index (χ2n) is 2.60. The number of amides is 1. The van der Waals surface area contributed by atoms with Crippen molar-refractivity contribution in [3.05, 3.63) is 17.8 Å². The van der Waals surface area contributed by atoms with Crippen LogP contribution in [0, 0.1) is 0 Å². The minimum Gasteiger partial charge on any atom is -0.481 e. The van der Waals surface area contributed by atoms with Crippen LogP contribution in [-0.4, -0.2) is 23.3 Å². The molecular weight excluding hydrogens is 186 g/mol. The van der Waals surface area contributed by atoms with Crippen LogP contribution in [0.2, 0.25) is 0 Å². The number of pyridine rings is 1. The Bertz CT molecular complexity index is 341. The van der Waals surface area contributed by atoms with Crippen LogP contribution in [0.1, 0.15) is 5.56 Å². The van der Waals surface area contributed by atoms with Gasteiger partial charge in [-0.3, -0.25) is 0 Å². The van der Waals surface area contributed by atoms with Gasteiger partial charge in [-0.2, -0.15) is 0 Å². The highest BCUT2D eigenvalue weighted by atomic mass is 16.5. The Labute approximate surface area is 80.7 Å². The summed E-state index contributed by atoms with van der Waals surface area (Å²) in [5.74, 6) is 0.368. The van der Waals surface area contributed by atoms with Gasteiger partial charge in [-0.15, -0.1) is 0 Å². The average Bonchev–Trinajstić information content (AvgIpc) is 2.15. The lowest BCUT2D eigenvalue weighted by Crippen LogP contribution is -2.20. The average molecular weight is 197 g/mol. The summed E-state index contributed by atoms with van der Waals surface area (Å²) in [5, 5.41) is 10.6. The van der Waals surface area contributed by atoms with Crippen LogP contribution < -0.4 is 15.8 Å². The van der Waals surface area contributed by atoms with E-state index in [-0.39, 0.29) is 6.54 Å². The van der Waals surface area contributed by atoms with Gasteiger partial charge in [0.2, 0.25) is 5.88 Å². The second-order valence-corrected chi connectivity index (χ2v) is 2.60. The molecule has 0 saturated carbocycles. The maximum Gasteiger partial charge on any atom is 0.404 e. The molecule has 0 saturated heterocycles. The van der Waals surface area contributed by atoms with E-state index in [1.54, 1.807) is 6.07 Å². The van der Waals surface area contributed by atoms with Gasteiger partial charge < -0.3 is 20.9 Å². The van der Waals surface area contributed by atoms with Gasteiger partial charge in [0.15, 0.2) is 0 Å². The van der Waals surface area contributed by atoms with Gasteiger partial charge in [0.1, 0.15) is 0 Å². The first-order valence-electron chi connectivity index (χ1n) is 3.88. The van der Waals surface area contributed by atoms with Crippen LogP contribution in [0.25, 0.3) is 0 Å². The van der Waals surface area contributed by atoms with Gasteiger partial charge in [0.05, 0.1) is 25.5 Å². The molecule has 0 aromatic carbocycles. The molecule has 14 heavy (non-hydrogen) atoms. The topological polar surface area (TPSA) is 97.5 Å². The molecule has 0 aliphatic carbocycles. The number of nitrogens with zero attached hydrogens (tertiary/aromatic N) is 1. The number of anilines is 1. The van der Waals surface area contributed by atoms with Crippen LogP contribution in [0.15, 0.2) is 12.3 Å². The fraction of sp³-hybridized carbons (Fsp3) is 0.250. The van der Waals surface area contributed by atoms with Gasteiger partial charge in [0, 0.05) is 5.56 Å². The predicted octanol–water partition coefficient (Wildman–Crippen LogP) is 0.440. The molecule has 0 unspecified atom stereocenters. The van der Waals surface area contributed by atoms with Gasteiger partial charge in [-0.05, 0) is 6.07 Å². The van der Waals surface area contributed by atoms with Crippen molar-refractivity contribution in [3.63, 3.8) is 0 Å². The number of aromatic nitrogens is 1. The number of carbonyl (C=O) groups is 1. The van der Waals surface area contributed by atoms with Crippen molar-refractivity contribution in [2.75, 3.05) is 12.8 Å². The van der Waals surface area contributed by atoms with Crippen molar-refractivity contribution in [1.82, 2.24) is 10.3 Å². The van der Waals surface area contributed by atoms with Crippen molar-refractivity contribution in [2.24, 2.45) is 0 Å². The van der Waals surface area contributed by atoms with E-state index in [4.69, 9.17) is 15.6 Å². The Morgan fingerprint density at radius 3 is 3.07 bits per heavy atom. The second kappa shape index (κ2) is 4.31. The first-order valence-corrected chi connectivity index (χ1v) is 3.88. The summed E-state index contributed by atoms with van der Waals surface area (Å²) in [6, 6.07) is 1.61. The van der Waals surface area contributed by atoms with Gasteiger partial charge in [-0.25, -0.2) is 9.78 Å². The fourth-order valence-corrected chi connectivity index (χ4v) is 0.998. The summed E-state index contributed by atoms with van der Waals surface area (Å²) < 4.78 is 4.93. The molecule has 0 aliphatic rings. The van der Waals surface area contributed by atoms with E-state index in [2.05, 4.69) is 10.3 Å². The summed E-state index contributed by atoms with van der Waals surface area (Å²) in [6.07, 6.45) is 0.345. The largest absolute Gasteiger partial charge is 0.481 e. The van der Waals surface area contributed by atoms with Crippen LogP contribution >= 0.6 is 0 Å². The third-order valence-electron chi connectivity index (χ3n) is 1.57. The van der Waals surface area contributed by atoms with E-state index >= 15 is 0 Å². The number of nitrogen functional groups attached to an aromatic ring is 1. The normalized spacial score (nSPS) is 9.50. The first kappa shape index (κ1) is 10.1. The zero-order valence-electron chi connectivity index (χ0n) is 7.65. The molecule has 0 atom stereocenters. The highest BCUT2D eigenvalue weighted by Gasteiger charge is 2.05. The molecule has 6 nitrogen and oxygen atoms in total. The van der Waals surface area contributed by atoms with Gasteiger partial charge in [-0.1, -0.05) is 0 Å². The lowest BCUT2D eigenvalue weighted by Gasteiger charge is -2.07. The molecule has 1 rings (SSSR count). The Balaban J connectivity index is 2.82. The Hall–Kier alpha value is -1.98. The van der Waals surface area contributed by atoms with Crippen LogP contribution in [0.5, 0.6) is 5.88 Å². The molecule has 1 aromatic heterocycles. The third kappa shape index (κ3) is 2.51. The summed E-state index contributed by atoms with van der Waals surface area (Å²) in [5.41, 5.74) is 6.57. The highest BCUT2D eigenvalue weighted by Crippen LogP contribution is 2.16. The maximum atomic E-state index is 10.3. The predicted molar refractivity (Wildman–Crippen MR) is 50.1 cm³/mol. The molecule has 1 aromatic rings. The molecule has 6 heteroatoms. The monoisotopic (exact) mass is 197 g/mol. The highest BCUT2D eigenvalue weighted by molar-refractivity contribution is 5.64. The van der Waals surface area contributed by atoms with E-state index in [9.17, 15) is 4.79 Å². The Kier molecular flexibility index (Phi) is 3.11. The molecule has 0 fully saturated rings. The van der Waals surface area contributed by atoms with Crippen molar-refractivity contribution in [1.29, 1.82) is 0 Å². The van der Waals surface area contributed by atoms with Crippen molar-refractivity contribution in [3.8, 4) is 5.88 Å². The molecular formula is C8H11N3O3. The number of hydrogen-bond donors (Lipinski definition) is 3. The quantitative estimate of drug-likeness (QED) is 0.653. The number of methoxy groups -OCH3 is 1. The molecule has 1 amide bonds. The van der Waals surface area contributed by atoms with Gasteiger partial charge in [0.25, 0.3) is 0 Å². The molecule has 76 valence electrons. The third-order valence-corrected chi connectivity index (χ3v) is 1.57. The van der Waals surface area contributed by atoms with E-state index in [0.29, 0.717) is 17.1 Å². The lowest BCUT2D eigenvalue weighted by molar-refractivity contribution is 0.194. The minimum atomic E-state index is -1.10. The molecule has 4 N–H and O–H groups in total. The number of hydrogen-bond acceptors (Lipinski definition) is 4. The summed E-state index contributed by atoms with van der Waals surface area (Å²) in [4.78, 5) is 14.1. The van der Waals surface area contributed by atoms with E-state index in [1.807, 2.05) is 0 Å². The zero-order valence-corrected chi connectivity index (χ0v) is 7.65. The number of nitrogens with two attached hydrogens (primary N) is 1. The Morgan fingerprint density at radius 1 is 1.79 bits per heavy atom.